The first-order valence-electron chi connectivity index (χ1n) is 6.33. The zero-order valence-corrected chi connectivity index (χ0v) is 11.7. The van der Waals surface area contributed by atoms with Crippen LogP contribution in [0.1, 0.15) is 29.8 Å². The van der Waals surface area contributed by atoms with E-state index < -0.39 is 10.9 Å². The monoisotopic (exact) mass is 277 g/mol. The van der Waals surface area contributed by atoms with E-state index in [-0.39, 0.29) is 11.9 Å². The van der Waals surface area contributed by atoms with E-state index in [1.54, 1.807) is 23.6 Å². The molecule has 3 rings (SSSR count). The molecule has 100 valence electrons. The van der Waals surface area contributed by atoms with Gasteiger partial charge in [-0.3, -0.25) is 4.79 Å². The summed E-state index contributed by atoms with van der Waals surface area (Å²) < 4.78 is 5.08. The van der Waals surface area contributed by atoms with Crippen LogP contribution in [-0.4, -0.2) is 35.2 Å². The van der Waals surface area contributed by atoms with Crippen molar-refractivity contribution < 1.29 is 14.3 Å². The molecule has 2 aliphatic rings. The summed E-state index contributed by atoms with van der Waals surface area (Å²) in [6, 6.07) is 7.10. The van der Waals surface area contributed by atoms with Crippen molar-refractivity contribution in [3.05, 3.63) is 35.4 Å². The molecule has 4 nitrogen and oxygen atoms in total. The molecule has 0 unspecified atom stereocenters. The first kappa shape index (κ1) is 12.5. The third-order valence-electron chi connectivity index (χ3n) is 3.73. The lowest BCUT2D eigenvalue weighted by Gasteiger charge is -2.30. The molecule has 0 aliphatic carbocycles. The lowest BCUT2D eigenvalue weighted by Crippen LogP contribution is -2.45. The lowest BCUT2D eigenvalue weighted by atomic mass is 10.1. The molecule has 1 fully saturated rings. The third-order valence-corrected chi connectivity index (χ3v) is 5.19. The molecule has 2 atom stereocenters. The van der Waals surface area contributed by atoms with Gasteiger partial charge in [-0.2, -0.15) is 0 Å². The molecule has 0 aromatic heterocycles. The van der Waals surface area contributed by atoms with Gasteiger partial charge in [0.25, 0.3) is 5.91 Å². The zero-order valence-electron chi connectivity index (χ0n) is 10.9. The van der Waals surface area contributed by atoms with Crippen LogP contribution in [0.3, 0.4) is 0 Å². The van der Waals surface area contributed by atoms with Crippen molar-refractivity contribution in [2.45, 2.75) is 24.8 Å². The third kappa shape index (κ3) is 1.61. The molecule has 0 N–H and O–H groups in total. The Balaban J connectivity index is 2.02. The largest absolute Gasteiger partial charge is 0.464 e. The summed E-state index contributed by atoms with van der Waals surface area (Å²) in [6.45, 7) is 4.12. The highest BCUT2D eigenvalue weighted by Gasteiger charge is 2.56. The molecular formula is C14H15NO3S. The number of thioether (sulfide) groups is 1. The van der Waals surface area contributed by atoms with E-state index in [9.17, 15) is 9.59 Å². The normalized spacial score (nSPS) is 28.2. The van der Waals surface area contributed by atoms with Crippen molar-refractivity contribution >= 4 is 23.6 Å². The second-order valence-electron chi connectivity index (χ2n) is 4.78. The van der Waals surface area contributed by atoms with Crippen LogP contribution in [0.25, 0.3) is 0 Å². The van der Waals surface area contributed by atoms with Crippen molar-refractivity contribution in [3.8, 4) is 0 Å². The number of fused-ring (bicyclic) bond motifs is 3. The van der Waals surface area contributed by atoms with Gasteiger partial charge < -0.3 is 9.64 Å². The number of rotatable bonds is 2. The Bertz CT molecular complexity index is 559. The minimum absolute atomic E-state index is 0.0684. The van der Waals surface area contributed by atoms with Gasteiger partial charge in [-0.1, -0.05) is 18.2 Å². The molecule has 2 aliphatic heterocycles. The summed E-state index contributed by atoms with van der Waals surface area (Å²) in [7, 11) is 0. The lowest BCUT2D eigenvalue weighted by molar-refractivity contribution is -0.148. The molecule has 1 aromatic rings. The summed E-state index contributed by atoms with van der Waals surface area (Å²) in [6.07, 6.45) is 0. The number of benzene rings is 1. The van der Waals surface area contributed by atoms with Gasteiger partial charge in [0, 0.05) is 16.9 Å². The second-order valence-corrected chi connectivity index (χ2v) is 6.20. The number of hydrogen-bond acceptors (Lipinski definition) is 4. The van der Waals surface area contributed by atoms with Crippen molar-refractivity contribution in [3.63, 3.8) is 0 Å². The molecule has 0 spiro atoms. The molecular weight excluding hydrogens is 262 g/mol. The first-order chi connectivity index (χ1) is 9.09. The van der Waals surface area contributed by atoms with Gasteiger partial charge in [-0.15, -0.1) is 11.8 Å². The Morgan fingerprint density at radius 3 is 3.00 bits per heavy atom. The second kappa shape index (κ2) is 4.27. The smallest absolute Gasteiger partial charge is 0.329 e. The summed E-state index contributed by atoms with van der Waals surface area (Å²) in [5.41, 5.74) is 1.70. The SMILES string of the molecule is CCOC(=O)[C@@H]1CS[C@]2(C)c3ccccc3C(=O)N12. The molecule has 0 saturated carbocycles. The number of esters is 1. The average Bonchev–Trinajstić information content (AvgIpc) is 2.86. The van der Waals surface area contributed by atoms with E-state index in [2.05, 4.69) is 0 Å². The molecule has 5 heteroatoms. The predicted octanol–water partition coefficient (Wildman–Crippen LogP) is 1.99. The maximum Gasteiger partial charge on any atom is 0.329 e. The van der Waals surface area contributed by atoms with Gasteiger partial charge in [0.2, 0.25) is 0 Å². The molecule has 1 aromatic carbocycles. The fourth-order valence-electron chi connectivity index (χ4n) is 2.84. The van der Waals surface area contributed by atoms with Crippen LogP contribution >= 0.6 is 11.8 Å². The van der Waals surface area contributed by atoms with Crippen LogP contribution in [0, 0.1) is 0 Å². The molecule has 0 radical (unpaired) electrons. The average molecular weight is 277 g/mol. The van der Waals surface area contributed by atoms with E-state index >= 15 is 0 Å². The fourth-order valence-corrected chi connectivity index (χ4v) is 4.29. The van der Waals surface area contributed by atoms with Crippen LogP contribution in [0.15, 0.2) is 24.3 Å². The molecule has 0 bridgehead atoms. The number of nitrogens with zero attached hydrogens (tertiary/aromatic N) is 1. The number of hydrogen-bond donors (Lipinski definition) is 0. The van der Waals surface area contributed by atoms with Crippen molar-refractivity contribution in [2.75, 3.05) is 12.4 Å². The zero-order chi connectivity index (χ0) is 13.6. The number of carbonyl (C=O) groups is 2. The molecule has 1 amide bonds. The highest BCUT2D eigenvalue weighted by molar-refractivity contribution is 8.00. The predicted molar refractivity (Wildman–Crippen MR) is 72.8 cm³/mol. The number of amides is 1. The summed E-state index contributed by atoms with van der Waals surface area (Å²) >= 11 is 1.63. The Kier molecular flexibility index (Phi) is 2.82. The minimum atomic E-state index is -0.477. The Morgan fingerprint density at radius 2 is 2.26 bits per heavy atom. The standard InChI is InChI=1S/C14H15NO3S/c1-3-18-13(17)11-8-19-14(2)10-7-5-4-6-9(10)12(16)15(11)14/h4-7,11H,3,8H2,1-2H3/t11-,14+/m0/s1. The first-order valence-corrected chi connectivity index (χ1v) is 7.32. The molecule has 1 saturated heterocycles. The maximum atomic E-state index is 12.5. The number of ether oxygens (including phenoxy) is 1. The van der Waals surface area contributed by atoms with Crippen molar-refractivity contribution in [1.29, 1.82) is 0 Å². The molecule has 19 heavy (non-hydrogen) atoms. The highest BCUT2D eigenvalue weighted by Crippen LogP contribution is 2.53. The summed E-state index contributed by atoms with van der Waals surface area (Å²) in [4.78, 5) is 25.7. The van der Waals surface area contributed by atoms with Crippen LogP contribution in [-0.2, 0) is 14.4 Å². The van der Waals surface area contributed by atoms with Crippen LogP contribution in [0.2, 0.25) is 0 Å². The van der Waals surface area contributed by atoms with Gasteiger partial charge in [0.05, 0.1) is 6.61 Å². The van der Waals surface area contributed by atoms with Crippen LogP contribution < -0.4 is 0 Å². The highest BCUT2D eigenvalue weighted by atomic mass is 32.2. The van der Waals surface area contributed by atoms with Gasteiger partial charge in [-0.25, -0.2) is 4.79 Å². The summed E-state index contributed by atoms with van der Waals surface area (Å²) in [5.74, 6) is 0.219. The van der Waals surface area contributed by atoms with E-state index in [0.717, 1.165) is 5.56 Å². The fraction of sp³-hybridized carbons (Fsp3) is 0.429. The summed E-state index contributed by atoms with van der Waals surface area (Å²) in [5, 5.41) is 0. The van der Waals surface area contributed by atoms with Crippen LogP contribution in [0.5, 0.6) is 0 Å². The van der Waals surface area contributed by atoms with Gasteiger partial charge in [0.15, 0.2) is 0 Å². The van der Waals surface area contributed by atoms with E-state index in [1.807, 2.05) is 31.2 Å². The van der Waals surface area contributed by atoms with E-state index in [4.69, 9.17) is 4.74 Å². The van der Waals surface area contributed by atoms with E-state index in [0.29, 0.717) is 17.9 Å². The minimum Gasteiger partial charge on any atom is -0.464 e. The Labute approximate surface area is 116 Å². The van der Waals surface area contributed by atoms with Gasteiger partial charge in [0.1, 0.15) is 10.9 Å². The number of carbonyl (C=O) groups excluding carboxylic acids is 2. The molecule has 2 heterocycles. The van der Waals surface area contributed by atoms with Gasteiger partial charge in [-0.05, 0) is 19.9 Å². The van der Waals surface area contributed by atoms with Gasteiger partial charge >= 0.3 is 5.97 Å². The topological polar surface area (TPSA) is 46.6 Å². The van der Waals surface area contributed by atoms with Crippen LogP contribution in [0.4, 0.5) is 0 Å². The Morgan fingerprint density at radius 1 is 1.53 bits per heavy atom. The van der Waals surface area contributed by atoms with Crippen molar-refractivity contribution in [2.24, 2.45) is 0 Å². The van der Waals surface area contributed by atoms with Crippen molar-refractivity contribution in [1.82, 2.24) is 4.90 Å². The maximum absolute atomic E-state index is 12.5. The quantitative estimate of drug-likeness (QED) is 0.776. The Hall–Kier alpha value is -1.49. The van der Waals surface area contributed by atoms with E-state index in [1.165, 1.54) is 0 Å².